The minimum Gasteiger partial charge on any atom is -0.382 e. The van der Waals surface area contributed by atoms with Crippen LogP contribution in [0.5, 0.6) is 0 Å². The van der Waals surface area contributed by atoms with Crippen LogP contribution in [-0.4, -0.2) is 15.4 Å². The fourth-order valence-electron chi connectivity index (χ4n) is 1.78. The molecule has 2 heterocycles. The SMILES string of the molecule is CCC(C)C(C)Nc1snc(N)c1-c1nc(C)cs1. The van der Waals surface area contributed by atoms with Gasteiger partial charge in [0.1, 0.15) is 15.8 Å². The molecule has 0 aliphatic heterocycles. The van der Waals surface area contributed by atoms with E-state index in [1.807, 2.05) is 12.3 Å². The lowest BCUT2D eigenvalue weighted by Crippen LogP contribution is -2.22. The van der Waals surface area contributed by atoms with Crippen LogP contribution >= 0.6 is 22.9 Å². The summed E-state index contributed by atoms with van der Waals surface area (Å²) in [7, 11) is 0. The third-order valence-electron chi connectivity index (χ3n) is 3.41. The van der Waals surface area contributed by atoms with Gasteiger partial charge in [0.2, 0.25) is 0 Å². The topological polar surface area (TPSA) is 63.8 Å². The molecule has 2 rings (SSSR count). The van der Waals surface area contributed by atoms with Crippen molar-refractivity contribution in [2.24, 2.45) is 5.92 Å². The van der Waals surface area contributed by atoms with Crippen molar-refractivity contribution in [3.8, 4) is 10.6 Å². The molecule has 0 saturated carbocycles. The quantitative estimate of drug-likeness (QED) is 0.875. The summed E-state index contributed by atoms with van der Waals surface area (Å²) in [6.45, 7) is 8.63. The van der Waals surface area contributed by atoms with Crippen molar-refractivity contribution in [1.82, 2.24) is 9.36 Å². The van der Waals surface area contributed by atoms with Crippen LogP contribution in [0.2, 0.25) is 0 Å². The van der Waals surface area contributed by atoms with E-state index in [4.69, 9.17) is 5.73 Å². The van der Waals surface area contributed by atoms with Gasteiger partial charge >= 0.3 is 0 Å². The first kappa shape index (κ1) is 14.3. The molecule has 0 radical (unpaired) electrons. The first-order valence-electron chi connectivity index (χ1n) is 6.47. The van der Waals surface area contributed by atoms with Crippen LogP contribution in [0, 0.1) is 12.8 Å². The van der Waals surface area contributed by atoms with E-state index in [2.05, 4.69) is 35.4 Å². The first-order valence-corrected chi connectivity index (χ1v) is 8.12. The van der Waals surface area contributed by atoms with Crippen molar-refractivity contribution in [2.75, 3.05) is 11.1 Å². The molecule has 0 spiro atoms. The average molecular weight is 296 g/mol. The number of thiazole rings is 1. The summed E-state index contributed by atoms with van der Waals surface area (Å²) >= 11 is 3.03. The zero-order chi connectivity index (χ0) is 14.0. The van der Waals surface area contributed by atoms with Gasteiger partial charge in [-0.3, -0.25) is 0 Å². The molecule has 0 fully saturated rings. The first-order chi connectivity index (χ1) is 9.02. The Kier molecular flexibility index (Phi) is 4.42. The van der Waals surface area contributed by atoms with E-state index in [1.165, 1.54) is 11.5 Å². The molecule has 2 aromatic rings. The molecule has 19 heavy (non-hydrogen) atoms. The Morgan fingerprint density at radius 1 is 1.42 bits per heavy atom. The van der Waals surface area contributed by atoms with Gasteiger partial charge < -0.3 is 11.1 Å². The number of anilines is 2. The molecule has 4 nitrogen and oxygen atoms in total. The molecule has 0 saturated heterocycles. The van der Waals surface area contributed by atoms with Gasteiger partial charge in [0.15, 0.2) is 0 Å². The summed E-state index contributed by atoms with van der Waals surface area (Å²) in [6, 6.07) is 0.393. The Morgan fingerprint density at radius 2 is 2.16 bits per heavy atom. The summed E-state index contributed by atoms with van der Waals surface area (Å²) in [5, 5.41) is 7.54. The van der Waals surface area contributed by atoms with Crippen LogP contribution in [0.15, 0.2) is 5.38 Å². The zero-order valence-corrected chi connectivity index (χ0v) is 13.4. The number of aryl methyl sites for hydroxylation is 1. The Hall–Kier alpha value is -1.14. The predicted octanol–water partition coefficient (Wildman–Crippen LogP) is 4.00. The van der Waals surface area contributed by atoms with Gasteiger partial charge in [-0.2, -0.15) is 4.37 Å². The summed E-state index contributed by atoms with van der Waals surface area (Å²) < 4.78 is 4.26. The van der Waals surface area contributed by atoms with Crippen molar-refractivity contribution in [1.29, 1.82) is 0 Å². The maximum atomic E-state index is 5.99. The molecule has 2 atom stereocenters. The molecule has 104 valence electrons. The van der Waals surface area contributed by atoms with E-state index in [1.54, 1.807) is 11.3 Å². The molecular weight excluding hydrogens is 276 g/mol. The van der Waals surface area contributed by atoms with Gasteiger partial charge in [-0.05, 0) is 31.3 Å². The van der Waals surface area contributed by atoms with Gasteiger partial charge in [0.25, 0.3) is 0 Å². The zero-order valence-electron chi connectivity index (χ0n) is 11.7. The van der Waals surface area contributed by atoms with Gasteiger partial charge in [0.05, 0.1) is 5.56 Å². The summed E-state index contributed by atoms with van der Waals surface area (Å²) in [6.07, 6.45) is 1.15. The summed E-state index contributed by atoms with van der Waals surface area (Å²) in [5.74, 6) is 1.17. The highest BCUT2D eigenvalue weighted by Crippen LogP contribution is 2.39. The van der Waals surface area contributed by atoms with E-state index < -0.39 is 0 Å². The van der Waals surface area contributed by atoms with Gasteiger partial charge in [0, 0.05) is 17.1 Å². The molecule has 6 heteroatoms. The lowest BCUT2D eigenvalue weighted by atomic mass is 10.0. The monoisotopic (exact) mass is 296 g/mol. The smallest absolute Gasteiger partial charge is 0.149 e. The van der Waals surface area contributed by atoms with Crippen molar-refractivity contribution in [2.45, 2.75) is 40.2 Å². The maximum Gasteiger partial charge on any atom is 0.149 e. The van der Waals surface area contributed by atoms with E-state index >= 15 is 0 Å². The maximum absolute atomic E-state index is 5.99. The second-order valence-electron chi connectivity index (χ2n) is 4.88. The Morgan fingerprint density at radius 3 is 2.74 bits per heavy atom. The van der Waals surface area contributed by atoms with E-state index in [-0.39, 0.29) is 0 Å². The number of nitrogen functional groups attached to an aromatic ring is 1. The molecule has 0 aliphatic rings. The normalized spacial score (nSPS) is 14.3. The number of hydrogen-bond donors (Lipinski definition) is 2. The minimum absolute atomic E-state index is 0.393. The Balaban J connectivity index is 2.28. The molecule has 0 aromatic carbocycles. The number of rotatable bonds is 5. The van der Waals surface area contributed by atoms with Crippen LogP contribution in [-0.2, 0) is 0 Å². The van der Waals surface area contributed by atoms with E-state index in [0.717, 1.165) is 27.7 Å². The van der Waals surface area contributed by atoms with Gasteiger partial charge in [-0.15, -0.1) is 11.3 Å². The fourth-order valence-corrected chi connectivity index (χ4v) is 3.51. The molecule has 2 aromatic heterocycles. The van der Waals surface area contributed by atoms with E-state index in [0.29, 0.717) is 17.8 Å². The van der Waals surface area contributed by atoms with Crippen molar-refractivity contribution in [3.63, 3.8) is 0 Å². The lowest BCUT2D eigenvalue weighted by molar-refractivity contribution is 0.495. The fraction of sp³-hybridized carbons (Fsp3) is 0.538. The molecule has 0 bridgehead atoms. The molecule has 2 unspecified atom stereocenters. The summed E-state index contributed by atoms with van der Waals surface area (Å²) in [4.78, 5) is 4.51. The Labute approximate surface area is 122 Å². The third-order valence-corrected chi connectivity index (χ3v) is 5.18. The van der Waals surface area contributed by atoms with Crippen molar-refractivity contribution < 1.29 is 0 Å². The third kappa shape index (κ3) is 3.06. The molecule has 3 N–H and O–H groups in total. The second-order valence-corrected chi connectivity index (χ2v) is 6.52. The van der Waals surface area contributed by atoms with Crippen LogP contribution in [0.3, 0.4) is 0 Å². The number of nitrogens with two attached hydrogens (primary N) is 1. The van der Waals surface area contributed by atoms with Gasteiger partial charge in [-0.1, -0.05) is 20.3 Å². The lowest BCUT2D eigenvalue weighted by Gasteiger charge is -2.20. The van der Waals surface area contributed by atoms with Crippen LogP contribution in [0.1, 0.15) is 32.9 Å². The Bertz CT molecular complexity index is 547. The van der Waals surface area contributed by atoms with Crippen molar-refractivity contribution >= 4 is 33.7 Å². The predicted molar refractivity (Wildman–Crippen MR) is 84.9 cm³/mol. The highest BCUT2D eigenvalue weighted by Gasteiger charge is 2.19. The summed E-state index contributed by atoms with van der Waals surface area (Å²) in [5.41, 5.74) is 7.97. The van der Waals surface area contributed by atoms with Crippen LogP contribution in [0.25, 0.3) is 10.6 Å². The largest absolute Gasteiger partial charge is 0.382 e. The highest BCUT2D eigenvalue weighted by molar-refractivity contribution is 7.15. The number of aromatic nitrogens is 2. The molecular formula is C13H20N4S2. The standard InChI is InChI=1S/C13H20N4S2/c1-5-7(2)9(4)16-13-10(11(14)17-19-13)12-15-8(3)6-18-12/h6-7,9,16H,5H2,1-4H3,(H2,14,17). The van der Waals surface area contributed by atoms with E-state index in [9.17, 15) is 0 Å². The average Bonchev–Trinajstić information content (AvgIpc) is 2.95. The number of nitrogens with zero attached hydrogens (tertiary/aromatic N) is 2. The van der Waals surface area contributed by atoms with Crippen molar-refractivity contribution in [3.05, 3.63) is 11.1 Å². The van der Waals surface area contributed by atoms with Gasteiger partial charge in [-0.25, -0.2) is 4.98 Å². The van der Waals surface area contributed by atoms with Crippen LogP contribution in [0.4, 0.5) is 10.8 Å². The van der Waals surface area contributed by atoms with Crippen LogP contribution < -0.4 is 11.1 Å². The minimum atomic E-state index is 0.393. The molecule has 0 aliphatic carbocycles. The number of nitrogens with one attached hydrogen (secondary N) is 1. The highest BCUT2D eigenvalue weighted by atomic mass is 32.1. The molecule has 0 amide bonds. The number of hydrogen-bond acceptors (Lipinski definition) is 6. The second kappa shape index (κ2) is 5.88.